The Hall–Kier alpha value is -1.05. The molecule has 0 aromatic heterocycles. The first kappa shape index (κ1) is 11.4. The van der Waals surface area contributed by atoms with Gasteiger partial charge in [-0.1, -0.05) is 26.2 Å². The lowest BCUT2D eigenvalue weighted by Crippen LogP contribution is -2.26. The van der Waals surface area contributed by atoms with E-state index in [0.717, 1.165) is 24.0 Å². The van der Waals surface area contributed by atoms with Crippen molar-refractivity contribution in [2.75, 3.05) is 5.73 Å². The standard InChI is InChI=1S/C14H19FN/c1-10-8-13(16)12(15)9-11(10)14(2)6-4-3-5-7-14/h8-9H,1,3-7,16H2,2H3. The van der Waals surface area contributed by atoms with E-state index in [9.17, 15) is 4.39 Å². The van der Waals surface area contributed by atoms with Gasteiger partial charge < -0.3 is 5.73 Å². The van der Waals surface area contributed by atoms with Crippen molar-refractivity contribution in [2.24, 2.45) is 0 Å². The molecule has 1 aliphatic rings. The number of benzene rings is 1. The second kappa shape index (κ2) is 4.08. The molecule has 1 aromatic carbocycles. The molecule has 2 heteroatoms. The largest absolute Gasteiger partial charge is 0.396 e. The molecule has 1 saturated carbocycles. The number of halogens is 1. The predicted molar refractivity (Wildman–Crippen MR) is 65.7 cm³/mol. The van der Waals surface area contributed by atoms with E-state index < -0.39 is 0 Å². The highest BCUT2D eigenvalue weighted by Gasteiger charge is 2.30. The molecule has 87 valence electrons. The average molecular weight is 220 g/mol. The summed E-state index contributed by atoms with van der Waals surface area (Å²) in [5.41, 5.74) is 7.76. The van der Waals surface area contributed by atoms with Crippen molar-refractivity contribution < 1.29 is 4.39 Å². The van der Waals surface area contributed by atoms with E-state index in [4.69, 9.17) is 5.73 Å². The Morgan fingerprint density at radius 1 is 1.25 bits per heavy atom. The van der Waals surface area contributed by atoms with E-state index in [-0.39, 0.29) is 16.9 Å². The number of hydrogen-bond donors (Lipinski definition) is 1. The zero-order valence-electron chi connectivity index (χ0n) is 9.85. The second-order valence-corrected chi connectivity index (χ2v) is 5.15. The van der Waals surface area contributed by atoms with E-state index in [1.54, 1.807) is 12.1 Å². The maximum atomic E-state index is 13.5. The SMILES string of the molecule is [CH2]c1cc(N)c(F)cc1C1(C)CCCCC1. The molecule has 0 unspecified atom stereocenters. The Balaban J connectivity index is 2.42. The van der Waals surface area contributed by atoms with Gasteiger partial charge in [0.05, 0.1) is 5.69 Å². The number of anilines is 1. The van der Waals surface area contributed by atoms with E-state index in [1.807, 2.05) is 0 Å². The van der Waals surface area contributed by atoms with Crippen LogP contribution in [-0.4, -0.2) is 0 Å². The van der Waals surface area contributed by atoms with Crippen LogP contribution in [0.15, 0.2) is 12.1 Å². The highest BCUT2D eigenvalue weighted by Crippen LogP contribution is 2.41. The van der Waals surface area contributed by atoms with Crippen LogP contribution in [0.5, 0.6) is 0 Å². The molecule has 0 spiro atoms. The average Bonchev–Trinajstić information content (AvgIpc) is 2.24. The first-order valence-corrected chi connectivity index (χ1v) is 5.94. The highest BCUT2D eigenvalue weighted by atomic mass is 19.1. The number of rotatable bonds is 1. The van der Waals surface area contributed by atoms with Gasteiger partial charge in [0.1, 0.15) is 5.82 Å². The van der Waals surface area contributed by atoms with Crippen LogP contribution < -0.4 is 5.73 Å². The van der Waals surface area contributed by atoms with Crippen LogP contribution >= 0.6 is 0 Å². The van der Waals surface area contributed by atoms with E-state index >= 15 is 0 Å². The van der Waals surface area contributed by atoms with Crippen molar-refractivity contribution >= 4 is 5.69 Å². The third-order valence-electron chi connectivity index (χ3n) is 3.83. The Bertz CT molecular complexity index is 392. The summed E-state index contributed by atoms with van der Waals surface area (Å²) in [5.74, 6) is -0.311. The topological polar surface area (TPSA) is 26.0 Å². The van der Waals surface area contributed by atoms with Gasteiger partial charge in [-0.25, -0.2) is 4.39 Å². The normalized spacial score (nSPS) is 19.7. The first-order valence-electron chi connectivity index (χ1n) is 5.94. The third kappa shape index (κ3) is 1.93. The van der Waals surface area contributed by atoms with Crippen LogP contribution in [-0.2, 0) is 5.41 Å². The van der Waals surface area contributed by atoms with Crippen LogP contribution in [0.4, 0.5) is 10.1 Å². The zero-order valence-corrected chi connectivity index (χ0v) is 9.85. The van der Waals surface area contributed by atoms with Crippen molar-refractivity contribution in [3.8, 4) is 0 Å². The lowest BCUT2D eigenvalue weighted by atomic mass is 9.70. The molecule has 1 radical (unpaired) electrons. The minimum absolute atomic E-state index is 0.0872. The van der Waals surface area contributed by atoms with Gasteiger partial charge in [0.2, 0.25) is 0 Å². The van der Waals surface area contributed by atoms with Crippen LogP contribution in [0.25, 0.3) is 0 Å². The second-order valence-electron chi connectivity index (χ2n) is 5.15. The van der Waals surface area contributed by atoms with Crippen molar-refractivity contribution in [3.05, 3.63) is 36.0 Å². The quantitative estimate of drug-likeness (QED) is 0.715. The fraction of sp³-hybridized carbons (Fsp3) is 0.500. The number of nitrogen functional groups attached to an aromatic ring is 1. The van der Waals surface area contributed by atoms with E-state index in [2.05, 4.69) is 13.8 Å². The Kier molecular flexibility index (Phi) is 2.92. The van der Waals surface area contributed by atoms with Gasteiger partial charge in [-0.05, 0) is 48.4 Å². The van der Waals surface area contributed by atoms with Gasteiger partial charge >= 0.3 is 0 Å². The third-order valence-corrected chi connectivity index (χ3v) is 3.83. The molecule has 0 aliphatic heterocycles. The summed E-state index contributed by atoms with van der Waals surface area (Å²) < 4.78 is 13.5. The van der Waals surface area contributed by atoms with Crippen molar-refractivity contribution in [3.63, 3.8) is 0 Å². The van der Waals surface area contributed by atoms with Crippen LogP contribution in [0, 0.1) is 12.7 Å². The summed E-state index contributed by atoms with van der Waals surface area (Å²) in [6.07, 6.45) is 5.99. The number of nitrogens with two attached hydrogens (primary N) is 1. The first-order chi connectivity index (χ1) is 7.53. The van der Waals surface area contributed by atoms with E-state index in [0.29, 0.717) is 0 Å². The summed E-state index contributed by atoms with van der Waals surface area (Å²) >= 11 is 0. The lowest BCUT2D eigenvalue weighted by Gasteiger charge is -2.35. The summed E-state index contributed by atoms with van der Waals surface area (Å²) in [5, 5.41) is 0. The Morgan fingerprint density at radius 3 is 2.50 bits per heavy atom. The predicted octanol–water partition coefficient (Wildman–Crippen LogP) is 3.81. The van der Waals surface area contributed by atoms with E-state index in [1.165, 1.54) is 19.3 Å². The number of hydrogen-bond acceptors (Lipinski definition) is 1. The fourth-order valence-electron chi connectivity index (χ4n) is 2.80. The summed E-state index contributed by atoms with van der Waals surface area (Å²) in [6.45, 7) is 6.21. The highest BCUT2D eigenvalue weighted by molar-refractivity contribution is 5.49. The monoisotopic (exact) mass is 220 g/mol. The molecule has 1 aliphatic carbocycles. The molecule has 0 heterocycles. The molecule has 2 N–H and O–H groups in total. The zero-order chi connectivity index (χ0) is 11.8. The fourth-order valence-corrected chi connectivity index (χ4v) is 2.80. The molecule has 16 heavy (non-hydrogen) atoms. The van der Waals surface area contributed by atoms with Crippen molar-refractivity contribution in [2.45, 2.75) is 44.4 Å². The van der Waals surface area contributed by atoms with Crippen molar-refractivity contribution in [1.29, 1.82) is 0 Å². The van der Waals surface area contributed by atoms with Gasteiger partial charge in [-0.3, -0.25) is 0 Å². The molecular formula is C14H19FN. The molecular weight excluding hydrogens is 201 g/mol. The van der Waals surface area contributed by atoms with Crippen LogP contribution in [0.2, 0.25) is 0 Å². The summed E-state index contributed by atoms with van der Waals surface area (Å²) in [7, 11) is 0. The molecule has 0 atom stereocenters. The van der Waals surface area contributed by atoms with Gasteiger partial charge in [0.25, 0.3) is 0 Å². The minimum atomic E-state index is -0.311. The lowest BCUT2D eigenvalue weighted by molar-refractivity contribution is 0.318. The summed E-state index contributed by atoms with van der Waals surface area (Å²) in [4.78, 5) is 0. The molecule has 1 fully saturated rings. The molecule has 2 rings (SSSR count). The minimum Gasteiger partial charge on any atom is -0.396 e. The van der Waals surface area contributed by atoms with Crippen LogP contribution in [0.3, 0.4) is 0 Å². The Labute approximate surface area is 96.9 Å². The van der Waals surface area contributed by atoms with Crippen molar-refractivity contribution in [1.82, 2.24) is 0 Å². The Morgan fingerprint density at radius 2 is 1.88 bits per heavy atom. The molecule has 0 saturated heterocycles. The van der Waals surface area contributed by atoms with Crippen LogP contribution in [0.1, 0.15) is 50.2 Å². The maximum Gasteiger partial charge on any atom is 0.146 e. The molecule has 1 aromatic rings. The molecule has 0 amide bonds. The van der Waals surface area contributed by atoms with Gasteiger partial charge in [-0.2, -0.15) is 0 Å². The van der Waals surface area contributed by atoms with Gasteiger partial charge in [0.15, 0.2) is 0 Å². The molecule has 1 nitrogen and oxygen atoms in total. The summed E-state index contributed by atoms with van der Waals surface area (Å²) in [6, 6.07) is 3.24. The smallest absolute Gasteiger partial charge is 0.146 e. The van der Waals surface area contributed by atoms with Gasteiger partial charge in [0, 0.05) is 0 Å². The van der Waals surface area contributed by atoms with Gasteiger partial charge in [-0.15, -0.1) is 0 Å². The molecule has 0 bridgehead atoms. The maximum absolute atomic E-state index is 13.5.